The molecular weight excluding hydrogens is 362 g/mol. The van der Waals surface area contributed by atoms with Crippen LogP contribution < -0.4 is 4.74 Å². The summed E-state index contributed by atoms with van der Waals surface area (Å²) < 4.78 is 7.85. The molecule has 0 amide bonds. The van der Waals surface area contributed by atoms with Crippen molar-refractivity contribution in [2.45, 2.75) is 26.3 Å². The summed E-state index contributed by atoms with van der Waals surface area (Å²) >= 11 is 1.66. The van der Waals surface area contributed by atoms with Gasteiger partial charge in [0.15, 0.2) is 10.8 Å². The summed E-state index contributed by atoms with van der Waals surface area (Å²) in [6.45, 7) is 5.31. The first-order chi connectivity index (χ1) is 13.2. The van der Waals surface area contributed by atoms with E-state index in [4.69, 9.17) is 9.72 Å². The van der Waals surface area contributed by atoms with Crippen LogP contribution in [-0.4, -0.2) is 38.6 Å². The molecule has 0 fully saturated rings. The molecule has 0 N–H and O–H groups in total. The summed E-state index contributed by atoms with van der Waals surface area (Å²) in [5.41, 5.74) is 3.79. The largest absolute Gasteiger partial charge is 0.493 e. The van der Waals surface area contributed by atoms with Crippen molar-refractivity contribution in [2.75, 3.05) is 13.2 Å². The summed E-state index contributed by atoms with van der Waals surface area (Å²) in [4.78, 5) is 10.6. The van der Waals surface area contributed by atoms with Crippen LogP contribution in [0.4, 0.5) is 0 Å². The number of hydrogen-bond donors (Lipinski definition) is 0. The molecule has 0 saturated heterocycles. The minimum Gasteiger partial charge on any atom is -0.493 e. The second-order valence-electron chi connectivity index (χ2n) is 6.66. The van der Waals surface area contributed by atoms with Crippen molar-refractivity contribution in [1.82, 2.24) is 19.7 Å². The van der Waals surface area contributed by atoms with Gasteiger partial charge in [-0.25, -0.2) is 14.6 Å². The van der Waals surface area contributed by atoms with Crippen LogP contribution in [-0.2, 0) is 6.42 Å². The Balaban J connectivity index is 1.63. The van der Waals surface area contributed by atoms with Gasteiger partial charge in [0.25, 0.3) is 0 Å². The van der Waals surface area contributed by atoms with Crippen LogP contribution in [0.25, 0.3) is 22.1 Å². The molecule has 2 aromatic heterocycles. The zero-order chi connectivity index (χ0) is 18.4. The SMILES string of the molecule is CC(C)n1ncnc1-c1nc2c(s1)CCOc1ccc(C3=NN=NC3)cc1-2. The van der Waals surface area contributed by atoms with Gasteiger partial charge in [0.1, 0.15) is 18.6 Å². The lowest BCUT2D eigenvalue weighted by Gasteiger charge is -2.09. The molecule has 0 spiro atoms. The first-order valence-corrected chi connectivity index (χ1v) is 9.63. The summed E-state index contributed by atoms with van der Waals surface area (Å²) in [6, 6.07) is 6.28. The number of fused-ring (bicyclic) bond motifs is 3. The Kier molecular flexibility index (Phi) is 3.82. The van der Waals surface area contributed by atoms with E-state index in [0.717, 1.165) is 45.5 Å². The minimum absolute atomic E-state index is 0.223. The second-order valence-corrected chi connectivity index (χ2v) is 7.74. The maximum absolute atomic E-state index is 5.95. The average molecular weight is 379 g/mol. The minimum atomic E-state index is 0.223. The van der Waals surface area contributed by atoms with Crippen molar-refractivity contribution in [3.63, 3.8) is 0 Å². The Morgan fingerprint density at radius 3 is 3.00 bits per heavy atom. The highest BCUT2D eigenvalue weighted by Gasteiger charge is 2.24. The maximum atomic E-state index is 5.95. The van der Waals surface area contributed by atoms with Gasteiger partial charge in [0.2, 0.25) is 0 Å². The summed E-state index contributed by atoms with van der Waals surface area (Å²) in [5.74, 6) is 1.65. The van der Waals surface area contributed by atoms with Crippen LogP contribution >= 0.6 is 11.3 Å². The number of ether oxygens (including phenoxy) is 1. The van der Waals surface area contributed by atoms with Gasteiger partial charge in [-0.05, 0) is 37.3 Å². The van der Waals surface area contributed by atoms with Crippen molar-refractivity contribution in [3.05, 3.63) is 35.0 Å². The molecule has 136 valence electrons. The molecule has 2 aliphatic heterocycles. The number of thiazole rings is 1. The Morgan fingerprint density at radius 2 is 2.19 bits per heavy atom. The molecule has 8 nitrogen and oxygen atoms in total. The maximum Gasteiger partial charge on any atom is 0.187 e. The van der Waals surface area contributed by atoms with Gasteiger partial charge in [0, 0.05) is 28.5 Å². The van der Waals surface area contributed by atoms with Crippen LogP contribution in [0.2, 0.25) is 0 Å². The molecule has 2 aliphatic rings. The first-order valence-electron chi connectivity index (χ1n) is 8.81. The van der Waals surface area contributed by atoms with Crippen LogP contribution in [0.15, 0.2) is 40.0 Å². The van der Waals surface area contributed by atoms with Gasteiger partial charge in [0.05, 0.1) is 18.0 Å². The quantitative estimate of drug-likeness (QED) is 0.693. The molecule has 0 saturated carbocycles. The van der Waals surface area contributed by atoms with Gasteiger partial charge >= 0.3 is 0 Å². The third kappa shape index (κ3) is 2.74. The smallest absolute Gasteiger partial charge is 0.187 e. The van der Waals surface area contributed by atoms with Crippen molar-refractivity contribution >= 4 is 17.0 Å². The van der Waals surface area contributed by atoms with Crippen LogP contribution in [0, 0.1) is 0 Å². The van der Waals surface area contributed by atoms with Crippen molar-refractivity contribution in [2.24, 2.45) is 15.4 Å². The molecule has 4 heterocycles. The first kappa shape index (κ1) is 16.2. The van der Waals surface area contributed by atoms with E-state index in [9.17, 15) is 0 Å². The lowest BCUT2D eigenvalue weighted by molar-refractivity contribution is 0.327. The van der Waals surface area contributed by atoms with E-state index in [1.54, 1.807) is 17.7 Å². The summed E-state index contributed by atoms with van der Waals surface area (Å²) in [5, 5.41) is 17.0. The molecule has 0 atom stereocenters. The van der Waals surface area contributed by atoms with Crippen LogP contribution in [0.3, 0.4) is 0 Å². The fraction of sp³-hybridized carbons (Fsp3) is 0.333. The molecular formula is C18H17N7OS. The zero-order valence-corrected chi connectivity index (χ0v) is 15.8. The number of nitrogens with zero attached hydrogens (tertiary/aromatic N) is 7. The van der Waals surface area contributed by atoms with E-state index in [2.05, 4.69) is 45.4 Å². The van der Waals surface area contributed by atoms with Gasteiger partial charge in [-0.3, -0.25) is 0 Å². The lowest BCUT2D eigenvalue weighted by atomic mass is 10.0. The third-order valence-corrected chi connectivity index (χ3v) is 5.67. The fourth-order valence-corrected chi connectivity index (χ4v) is 4.29. The summed E-state index contributed by atoms with van der Waals surface area (Å²) in [6.07, 6.45) is 2.40. The third-order valence-electron chi connectivity index (χ3n) is 4.55. The number of aromatic nitrogens is 4. The molecule has 3 aromatic rings. The predicted molar refractivity (Wildman–Crippen MR) is 102 cm³/mol. The van der Waals surface area contributed by atoms with E-state index in [0.29, 0.717) is 13.2 Å². The Labute approximate surface area is 159 Å². The number of hydrogen-bond acceptors (Lipinski definition) is 8. The van der Waals surface area contributed by atoms with Crippen LogP contribution in [0.1, 0.15) is 30.3 Å². The average Bonchev–Trinajstić information content (AvgIpc) is 3.41. The second kappa shape index (κ2) is 6.34. The molecule has 0 bridgehead atoms. The molecule has 1 aromatic carbocycles. The molecule has 0 aliphatic carbocycles. The molecule has 5 rings (SSSR count). The van der Waals surface area contributed by atoms with Crippen molar-refractivity contribution in [3.8, 4) is 27.8 Å². The van der Waals surface area contributed by atoms with Crippen molar-refractivity contribution in [1.29, 1.82) is 0 Å². The monoisotopic (exact) mass is 379 g/mol. The normalized spacial score (nSPS) is 15.3. The Hall–Kier alpha value is -2.94. The predicted octanol–water partition coefficient (Wildman–Crippen LogP) is 3.75. The van der Waals surface area contributed by atoms with Crippen molar-refractivity contribution < 1.29 is 4.74 Å². The van der Waals surface area contributed by atoms with E-state index < -0.39 is 0 Å². The highest BCUT2D eigenvalue weighted by molar-refractivity contribution is 7.15. The highest BCUT2D eigenvalue weighted by atomic mass is 32.1. The fourth-order valence-electron chi connectivity index (χ4n) is 3.25. The lowest BCUT2D eigenvalue weighted by Crippen LogP contribution is -2.05. The van der Waals surface area contributed by atoms with E-state index in [-0.39, 0.29) is 6.04 Å². The van der Waals surface area contributed by atoms with Crippen LogP contribution in [0.5, 0.6) is 5.75 Å². The van der Waals surface area contributed by atoms with E-state index in [1.165, 1.54) is 4.88 Å². The molecule has 0 unspecified atom stereocenters. The standard InChI is InChI=1S/C18H17N7OS/c1-10(2)25-17(19-9-21-25)18-22-16-12-7-11(13-8-20-24-23-13)3-4-14(12)26-6-5-15(16)27-18/h3-4,7,9-10H,5-6,8H2,1-2H3. The van der Waals surface area contributed by atoms with E-state index >= 15 is 0 Å². The molecule has 0 radical (unpaired) electrons. The van der Waals surface area contributed by atoms with Gasteiger partial charge < -0.3 is 4.74 Å². The van der Waals surface area contributed by atoms with Gasteiger partial charge in [-0.15, -0.1) is 16.4 Å². The van der Waals surface area contributed by atoms with Gasteiger partial charge in [-0.2, -0.15) is 10.2 Å². The van der Waals surface area contributed by atoms with Gasteiger partial charge in [-0.1, -0.05) is 0 Å². The highest BCUT2D eigenvalue weighted by Crippen LogP contribution is 2.40. The Bertz CT molecular complexity index is 1080. The zero-order valence-electron chi connectivity index (χ0n) is 15.0. The van der Waals surface area contributed by atoms with E-state index in [1.807, 2.05) is 16.8 Å². The number of benzene rings is 1. The number of rotatable bonds is 3. The molecule has 27 heavy (non-hydrogen) atoms. The molecule has 9 heteroatoms. The topological polar surface area (TPSA) is 89.9 Å². The summed E-state index contributed by atoms with van der Waals surface area (Å²) in [7, 11) is 0. The Morgan fingerprint density at radius 1 is 1.26 bits per heavy atom.